The van der Waals surface area contributed by atoms with Gasteiger partial charge in [0.05, 0.1) is 6.04 Å². The molecule has 0 saturated heterocycles. The summed E-state index contributed by atoms with van der Waals surface area (Å²) in [4.78, 5) is 0. The first-order valence-electron chi connectivity index (χ1n) is 7.16. The Bertz CT molecular complexity index is 389. The molecule has 18 heavy (non-hydrogen) atoms. The smallest absolute Gasteiger partial charge is 0.150 e. The van der Waals surface area contributed by atoms with Crippen LogP contribution < -0.4 is 5.32 Å². The van der Waals surface area contributed by atoms with Gasteiger partial charge in [0.25, 0.3) is 0 Å². The van der Waals surface area contributed by atoms with E-state index in [1.165, 1.54) is 12.2 Å². The molecule has 102 valence electrons. The maximum Gasteiger partial charge on any atom is 0.150 e. The lowest BCUT2D eigenvalue weighted by molar-refractivity contribution is 0.359. The second-order valence-corrected chi connectivity index (χ2v) is 6.48. The van der Waals surface area contributed by atoms with Crippen LogP contribution in [0.25, 0.3) is 0 Å². The molecule has 0 spiro atoms. The number of nitrogens with zero attached hydrogens (tertiary/aromatic N) is 3. The van der Waals surface area contributed by atoms with E-state index >= 15 is 0 Å². The third-order valence-electron chi connectivity index (χ3n) is 3.57. The first-order chi connectivity index (χ1) is 8.51. The van der Waals surface area contributed by atoms with Gasteiger partial charge in [0.2, 0.25) is 0 Å². The maximum atomic E-state index is 4.41. The summed E-state index contributed by atoms with van der Waals surface area (Å²) in [6.07, 6.45) is 4.53. The van der Waals surface area contributed by atoms with Gasteiger partial charge in [-0.3, -0.25) is 0 Å². The highest BCUT2D eigenvalue weighted by atomic mass is 15.3. The molecule has 1 aliphatic heterocycles. The SMILES string of the molecule is CCCC1NCCn2c(CCC(C)(C)C)nnc21. The second kappa shape index (κ2) is 5.39. The molecule has 0 fully saturated rings. The molecular weight excluding hydrogens is 224 g/mol. The molecule has 1 atom stereocenters. The summed E-state index contributed by atoms with van der Waals surface area (Å²) >= 11 is 0. The van der Waals surface area contributed by atoms with E-state index in [2.05, 4.69) is 47.8 Å². The summed E-state index contributed by atoms with van der Waals surface area (Å²) in [6, 6.07) is 0.402. The van der Waals surface area contributed by atoms with Gasteiger partial charge in [-0.1, -0.05) is 34.1 Å². The van der Waals surface area contributed by atoms with Crippen LogP contribution in [0.1, 0.15) is 64.6 Å². The number of rotatable bonds is 4. The Labute approximate surface area is 110 Å². The van der Waals surface area contributed by atoms with Gasteiger partial charge < -0.3 is 9.88 Å². The van der Waals surface area contributed by atoms with Gasteiger partial charge in [0, 0.05) is 19.5 Å². The average molecular weight is 250 g/mol. The largest absolute Gasteiger partial charge is 0.312 e. The van der Waals surface area contributed by atoms with Crippen molar-refractivity contribution in [1.29, 1.82) is 0 Å². The quantitative estimate of drug-likeness (QED) is 0.893. The van der Waals surface area contributed by atoms with Crippen LogP contribution in [-0.2, 0) is 13.0 Å². The van der Waals surface area contributed by atoms with Crippen LogP contribution >= 0.6 is 0 Å². The van der Waals surface area contributed by atoms with Crippen LogP contribution in [0.15, 0.2) is 0 Å². The minimum absolute atomic E-state index is 0.363. The Morgan fingerprint density at radius 2 is 2.11 bits per heavy atom. The molecule has 0 radical (unpaired) electrons. The highest BCUT2D eigenvalue weighted by molar-refractivity contribution is 5.04. The van der Waals surface area contributed by atoms with Crippen molar-refractivity contribution in [2.75, 3.05) is 6.54 Å². The molecule has 1 unspecified atom stereocenters. The molecule has 1 aliphatic rings. The fraction of sp³-hybridized carbons (Fsp3) is 0.857. The summed E-state index contributed by atoms with van der Waals surface area (Å²) < 4.78 is 2.34. The van der Waals surface area contributed by atoms with Gasteiger partial charge in [-0.05, 0) is 18.3 Å². The number of hydrogen-bond donors (Lipinski definition) is 1. The molecule has 2 heterocycles. The molecule has 0 aliphatic carbocycles. The van der Waals surface area contributed by atoms with E-state index in [0.717, 1.165) is 38.2 Å². The Hall–Kier alpha value is -0.900. The summed E-state index contributed by atoms with van der Waals surface area (Å²) in [5.74, 6) is 2.31. The molecule has 4 nitrogen and oxygen atoms in total. The van der Waals surface area contributed by atoms with Crippen LogP contribution in [-0.4, -0.2) is 21.3 Å². The van der Waals surface area contributed by atoms with E-state index in [9.17, 15) is 0 Å². The van der Waals surface area contributed by atoms with Crippen molar-refractivity contribution in [3.05, 3.63) is 11.6 Å². The summed E-state index contributed by atoms with van der Waals surface area (Å²) in [5, 5.41) is 12.4. The zero-order valence-corrected chi connectivity index (χ0v) is 12.2. The standard InChI is InChI=1S/C14H26N4/c1-5-6-11-13-17-16-12(7-8-14(2,3)4)18(13)10-9-15-11/h11,15H,5-10H2,1-4H3. The fourth-order valence-electron chi connectivity index (χ4n) is 2.48. The normalized spacial score (nSPS) is 19.9. The topological polar surface area (TPSA) is 42.7 Å². The van der Waals surface area contributed by atoms with E-state index in [1.807, 2.05) is 0 Å². The Morgan fingerprint density at radius 3 is 2.78 bits per heavy atom. The van der Waals surface area contributed by atoms with E-state index in [4.69, 9.17) is 0 Å². The molecule has 0 amide bonds. The molecule has 1 aromatic heterocycles. The predicted octanol–water partition coefficient (Wildman–Crippen LogP) is 2.70. The van der Waals surface area contributed by atoms with Crippen LogP contribution in [0.4, 0.5) is 0 Å². The molecule has 0 saturated carbocycles. The zero-order chi connectivity index (χ0) is 13.2. The molecule has 0 bridgehead atoms. The Balaban J connectivity index is 2.10. The monoisotopic (exact) mass is 250 g/mol. The fourth-order valence-corrected chi connectivity index (χ4v) is 2.48. The molecular formula is C14H26N4. The Morgan fingerprint density at radius 1 is 1.33 bits per heavy atom. The predicted molar refractivity (Wildman–Crippen MR) is 73.4 cm³/mol. The first-order valence-corrected chi connectivity index (χ1v) is 7.16. The van der Waals surface area contributed by atoms with Gasteiger partial charge in [0.1, 0.15) is 11.6 Å². The summed E-state index contributed by atoms with van der Waals surface area (Å²) in [7, 11) is 0. The highest BCUT2D eigenvalue weighted by Crippen LogP contribution is 2.24. The van der Waals surface area contributed by atoms with Crippen molar-refractivity contribution in [3.63, 3.8) is 0 Å². The maximum absolute atomic E-state index is 4.41. The first kappa shape index (κ1) is 13.5. The van der Waals surface area contributed by atoms with Crippen LogP contribution in [0.3, 0.4) is 0 Å². The van der Waals surface area contributed by atoms with Crippen molar-refractivity contribution in [2.24, 2.45) is 5.41 Å². The lowest BCUT2D eigenvalue weighted by atomic mass is 9.90. The van der Waals surface area contributed by atoms with Crippen LogP contribution in [0.5, 0.6) is 0 Å². The Kier molecular flexibility index (Phi) is 4.05. The zero-order valence-electron chi connectivity index (χ0n) is 12.2. The third kappa shape index (κ3) is 3.10. The van der Waals surface area contributed by atoms with Crippen molar-refractivity contribution < 1.29 is 0 Å². The molecule has 1 aromatic rings. The van der Waals surface area contributed by atoms with Gasteiger partial charge in [0.15, 0.2) is 0 Å². The minimum atomic E-state index is 0.363. The highest BCUT2D eigenvalue weighted by Gasteiger charge is 2.24. The van der Waals surface area contributed by atoms with E-state index in [0.29, 0.717) is 11.5 Å². The number of nitrogens with one attached hydrogen (secondary N) is 1. The van der Waals surface area contributed by atoms with Crippen LogP contribution in [0, 0.1) is 5.41 Å². The van der Waals surface area contributed by atoms with Crippen molar-refractivity contribution >= 4 is 0 Å². The van der Waals surface area contributed by atoms with Crippen LogP contribution in [0.2, 0.25) is 0 Å². The number of hydrogen-bond acceptors (Lipinski definition) is 3. The lowest BCUT2D eigenvalue weighted by Gasteiger charge is -2.25. The van der Waals surface area contributed by atoms with E-state index in [1.54, 1.807) is 0 Å². The number of fused-ring (bicyclic) bond motifs is 1. The van der Waals surface area contributed by atoms with Crippen molar-refractivity contribution in [3.8, 4) is 0 Å². The van der Waals surface area contributed by atoms with Gasteiger partial charge >= 0.3 is 0 Å². The average Bonchev–Trinajstić information content (AvgIpc) is 2.70. The van der Waals surface area contributed by atoms with E-state index in [-0.39, 0.29) is 0 Å². The van der Waals surface area contributed by atoms with Gasteiger partial charge in [-0.25, -0.2) is 0 Å². The lowest BCUT2D eigenvalue weighted by Crippen LogP contribution is -2.34. The second-order valence-electron chi connectivity index (χ2n) is 6.48. The van der Waals surface area contributed by atoms with Crippen molar-refractivity contribution in [2.45, 2.75) is 66.0 Å². The van der Waals surface area contributed by atoms with Gasteiger partial charge in [-0.15, -0.1) is 10.2 Å². The van der Waals surface area contributed by atoms with Gasteiger partial charge in [-0.2, -0.15) is 0 Å². The van der Waals surface area contributed by atoms with Crippen molar-refractivity contribution in [1.82, 2.24) is 20.1 Å². The minimum Gasteiger partial charge on any atom is -0.312 e. The van der Waals surface area contributed by atoms with E-state index < -0.39 is 0 Å². The number of aryl methyl sites for hydroxylation is 1. The molecule has 1 N–H and O–H groups in total. The molecule has 4 heteroatoms. The summed E-state index contributed by atoms with van der Waals surface area (Å²) in [5.41, 5.74) is 0.363. The molecule has 2 rings (SSSR count). The third-order valence-corrected chi connectivity index (χ3v) is 3.57. The number of aromatic nitrogens is 3. The summed E-state index contributed by atoms with van der Waals surface area (Å²) in [6.45, 7) is 11.1. The molecule has 0 aromatic carbocycles.